The molecule has 0 bridgehead atoms. The molecule has 0 aromatic heterocycles. The van der Waals surface area contributed by atoms with Gasteiger partial charge in [-0.05, 0) is 0 Å². The molecule has 0 radical (unpaired) electrons. The van der Waals surface area contributed by atoms with Crippen LogP contribution in [0.25, 0.3) is 0 Å². The summed E-state index contributed by atoms with van der Waals surface area (Å²) in [6.07, 6.45) is -24.9. The van der Waals surface area contributed by atoms with E-state index in [1.807, 2.05) is 0 Å². The first kappa shape index (κ1) is 20.3. The van der Waals surface area contributed by atoms with E-state index in [0.29, 0.717) is 0 Å². The fourth-order valence-corrected chi connectivity index (χ4v) is 1.38. The first-order chi connectivity index (χ1) is 9.45. The molecule has 128 valence electrons. The van der Waals surface area contributed by atoms with Crippen molar-refractivity contribution in [1.29, 1.82) is 0 Å². The second-order valence-corrected chi connectivity index (χ2v) is 4.35. The van der Waals surface area contributed by atoms with Crippen LogP contribution >= 0.6 is 0 Å². The van der Waals surface area contributed by atoms with Gasteiger partial charge < -0.3 is 20.4 Å². The molecule has 0 aliphatic carbocycles. The third kappa shape index (κ3) is 5.57. The van der Waals surface area contributed by atoms with Crippen LogP contribution in [0.5, 0.6) is 0 Å². The predicted octanol–water partition coefficient (Wildman–Crippen LogP) is 0.366. The molecule has 4 nitrogen and oxygen atoms in total. The van der Waals surface area contributed by atoms with Crippen LogP contribution in [0.1, 0.15) is 6.42 Å². The number of hydrogen-bond acceptors (Lipinski definition) is 4. The summed E-state index contributed by atoms with van der Waals surface area (Å²) in [5.74, 6) is -4.15. The van der Waals surface area contributed by atoms with Gasteiger partial charge in [-0.1, -0.05) is 0 Å². The zero-order valence-corrected chi connectivity index (χ0v) is 10.4. The predicted molar refractivity (Wildman–Crippen MR) is 55.4 cm³/mol. The van der Waals surface area contributed by atoms with Gasteiger partial charge in [0, 0.05) is 6.42 Å². The van der Waals surface area contributed by atoms with Gasteiger partial charge in [0.1, 0.15) is 6.17 Å². The Morgan fingerprint density at radius 2 is 1.10 bits per heavy atom. The van der Waals surface area contributed by atoms with Crippen molar-refractivity contribution in [3.8, 4) is 0 Å². The van der Waals surface area contributed by atoms with Crippen LogP contribution in [0.4, 0.5) is 30.7 Å². The Bertz CT molecular complexity index is 304. The Hall–Kier alpha value is -0.650. The van der Waals surface area contributed by atoms with Gasteiger partial charge in [-0.15, -0.1) is 0 Å². The Balaban J connectivity index is 4.79. The topological polar surface area (TPSA) is 80.9 Å². The van der Waals surface area contributed by atoms with Crippen LogP contribution in [0.3, 0.4) is 0 Å². The second kappa shape index (κ2) is 8.11. The standard InChI is InChI=1S/C10H15F7O4/c11-2-1-3(12)4(13)5(14)6(15)7(16)8(17)9(18)10(19,20)21/h3-9,18-21H,1-2H2. The number of aliphatic hydroxyl groups is 4. The molecule has 21 heavy (non-hydrogen) atoms. The third-order valence-corrected chi connectivity index (χ3v) is 2.65. The molecule has 7 unspecified atom stereocenters. The van der Waals surface area contributed by atoms with E-state index in [4.69, 9.17) is 20.4 Å². The average molecular weight is 332 g/mol. The lowest BCUT2D eigenvalue weighted by Crippen LogP contribution is -2.54. The Labute approximate surface area is 114 Å². The van der Waals surface area contributed by atoms with E-state index in [-0.39, 0.29) is 0 Å². The molecule has 0 amide bonds. The molecule has 0 aliphatic rings. The monoisotopic (exact) mass is 332 g/mol. The fraction of sp³-hybridized carbons (Fsp3) is 1.00. The van der Waals surface area contributed by atoms with Gasteiger partial charge in [0.25, 0.3) is 0 Å². The van der Waals surface area contributed by atoms with E-state index in [1.54, 1.807) is 0 Å². The van der Waals surface area contributed by atoms with Crippen molar-refractivity contribution in [2.45, 2.75) is 55.5 Å². The summed E-state index contributed by atoms with van der Waals surface area (Å²) in [6, 6.07) is 0. The van der Waals surface area contributed by atoms with Crippen molar-refractivity contribution in [2.75, 3.05) is 6.67 Å². The summed E-state index contributed by atoms with van der Waals surface area (Å²) in [4.78, 5) is 0. The van der Waals surface area contributed by atoms with Crippen molar-refractivity contribution in [1.82, 2.24) is 0 Å². The number of hydrogen-bond donors (Lipinski definition) is 4. The minimum atomic E-state index is -4.15. The molecule has 4 N–H and O–H groups in total. The highest BCUT2D eigenvalue weighted by molar-refractivity contribution is 4.92. The van der Waals surface area contributed by atoms with Crippen molar-refractivity contribution < 1.29 is 51.2 Å². The lowest BCUT2D eigenvalue weighted by atomic mass is 9.97. The van der Waals surface area contributed by atoms with E-state index in [1.165, 1.54) is 0 Å². The van der Waals surface area contributed by atoms with Gasteiger partial charge in [-0.25, -0.2) is 26.3 Å². The summed E-state index contributed by atoms with van der Waals surface area (Å²) >= 11 is 0. The molecule has 0 aliphatic heterocycles. The van der Waals surface area contributed by atoms with Crippen LogP contribution in [-0.4, -0.2) is 76.2 Å². The van der Waals surface area contributed by atoms with Crippen LogP contribution in [0.15, 0.2) is 0 Å². The van der Waals surface area contributed by atoms with Gasteiger partial charge in [0.05, 0.1) is 6.67 Å². The largest absolute Gasteiger partial charge is 0.382 e. The molecule has 11 heteroatoms. The van der Waals surface area contributed by atoms with Gasteiger partial charge >= 0.3 is 5.97 Å². The number of rotatable bonds is 9. The molecule has 0 saturated heterocycles. The summed E-state index contributed by atoms with van der Waals surface area (Å²) in [6.45, 7) is -1.39. The van der Waals surface area contributed by atoms with Crippen molar-refractivity contribution in [3.05, 3.63) is 0 Å². The lowest BCUT2D eigenvalue weighted by molar-refractivity contribution is -0.365. The molecule has 0 rings (SSSR count). The Kier molecular flexibility index (Phi) is 7.86. The maximum absolute atomic E-state index is 13.2. The first-order valence-corrected chi connectivity index (χ1v) is 5.70. The van der Waals surface area contributed by atoms with E-state index < -0.39 is 62.2 Å². The van der Waals surface area contributed by atoms with E-state index in [2.05, 4.69) is 0 Å². The molecule has 0 fully saturated rings. The van der Waals surface area contributed by atoms with E-state index >= 15 is 0 Å². The fourth-order valence-electron chi connectivity index (χ4n) is 1.38. The maximum Gasteiger partial charge on any atom is 0.306 e. The maximum atomic E-state index is 13.2. The minimum absolute atomic E-state index is 1.13. The lowest BCUT2D eigenvalue weighted by Gasteiger charge is -2.29. The summed E-state index contributed by atoms with van der Waals surface area (Å²) < 4.78 is 90.2. The number of halogens is 7. The quantitative estimate of drug-likeness (QED) is 0.363. The van der Waals surface area contributed by atoms with Crippen LogP contribution in [0.2, 0.25) is 0 Å². The molecular weight excluding hydrogens is 317 g/mol. The first-order valence-electron chi connectivity index (χ1n) is 5.70. The normalized spacial score (nSPS) is 23.0. The zero-order chi connectivity index (χ0) is 17.0. The molecule has 0 saturated carbocycles. The van der Waals surface area contributed by atoms with Crippen molar-refractivity contribution in [2.24, 2.45) is 0 Å². The molecule has 0 heterocycles. The smallest absolute Gasteiger partial charge is 0.306 e. The highest BCUT2D eigenvalue weighted by Crippen LogP contribution is 2.27. The Morgan fingerprint density at radius 3 is 1.48 bits per heavy atom. The van der Waals surface area contributed by atoms with Gasteiger partial charge in [0.15, 0.2) is 37.0 Å². The van der Waals surface area contributed by atoms with Crippen LogP contribution in [-0.2, 0) is 0 Å². The molecule has 0 aromatic rings. The van der Waals surface area contributed by atoms with E-state index in [0.717, 1.165) is 0 Å². The van der Waals surface area contributed by atoms with Crippen molar-refractivity contribution in [3.63, 3.8) is 0 Å². The second-order valence-electron chi connectivity index (χ2n) is 4.35. The third-order valence-electron chi connectivity index (χ3n) is 2.65. The highest BCUT2D eigenvalue weighted by atomic mass is 19.2. The SMILES string of the molecule is OC(C(F)C(F)C(F)C(F)C(F)C(F)CCF)C(O)(O)O. The summed E-state index contributed by atoms with van der Waals surface area (Å²) in [5.41, 5.74) is 0. The molecule has 7 atom stereocenters. The summed E-state index contributed by atoms with van der Waals surface area (Å²) in [7, 11) is 0. The molecular formula is C10H15F7O4. The zero-order valence-electron chi connectivity index (χ0n) is 10.4. The molecule has 0 aromatic carbocycles. The average Bonchev–Trinajstić information content (AvgIpc) is 2.41. The molecule has 0 spiro atoms. The van der Waals surface area contributed by atoms with Gasteiger partial charge in [0.2, 0.25) is 0 Å². The van der Waals surface area contributed by atoms with E-state index in [9.17, 15) is 30.7 Å². The van der Waals surface area contributed by atoms with Gasteiger partial charge in [-0.3, -0.25) is 4.39 Å². The van der Waals surface area contributed by atoms with Crippen LogP contribution in [0, 0.1) is 0 Å². The number of aliphatic hydroxyl groups excluding tert-OH is 1. The van der Waals surface area contributed by atoms with Crippen molar-refractivity contribution >= 4 is 0 Å². The highest BCUT2D eigenvalue weighted by Gasteiger charge is 2.49. The minimum Gasteiger partial charge on any atom is -0.382 e. The summed E-state index contributed by atoms with van der Waals surface area (Å²) in [5, 5.41) is 33.8. The Morgan fingerprint density at radius 1 is 0.714 bits per heavy atom. The van der Waals surface area contributed by atoms with Crippen LogP contribution < -0.4 is 0 Å². The van der Waals surface area contributed by atoms with Gasteiger partial charge in [-0.2, -0.15) is 0 Å². The number of alkyl halides is 7.